The van der Waals surface area contributed by atoms with Crippen molar-refractivity contribution in [3.63, 3.8) is 0 Å². The molecule has 0 aliphatic carbocycles. The van der Waals surface area contributed by atoms with Gasteiger partial charge in [-0.15, -0.1) is 0 Å². The van der Waals surface area contributed by atoms with E-state index >= 15 is 0 Å². The average Bonchev–Trinajstić information content (AvgIpc) is 3.63. The molecule has 0 aliphatic heterocycles. The zero-order chi connectivity index (χ0) is 29.6. The Morgan fingerprint density at radius 2 is 1.51 bits per heavy atom. The monoisotopic (exact) mass is 561 g/mol. The second-order valence-electron chi connectivity index (χ2n) is 11.7. The van der Waals surface area contributed by atoms with Crippen LogP contribution in [0, 0.1) is 0 Å². The summed E-state index contributed by atoms with van der Waals surface area (Å²) in [4.78, 5) is 10.2. The molecule has 0 atom stereocenters. The van der Waals surface area contributed by atoms with Crippen LogP contribution in [0.2, 0.25) is 0 Å². The van der Waals surface area contributed by atoms with Gasteiger partial charge in [-0.2, -0.15) is 0 Å². The van der Waals surface area contributed by atoms with Gasteiger partial charge in [-0.1, -0.05) is 81.4 Å². The first-order valence-electron chi connectivity index (χ1n) is 14.4. The van der Waals surface area contributed by atoms with E-state index in [1.807, 2.05) is 78.9 Å². The molecule has 2 heterocycles. The van der Waals surface area contributed by atoms with E-state index in [1.165, 1.54) is 0 Å². The Morgan fingerprint density at radius 1 is 0.767 bits per heavy atom. The number of imidazole rings is 1. The van der Waals surface area contributed by atoms with Crippen LogP contribution >= 0.6 is 0 Å². The summed E-state index contributed by atoms with van der Waals surface area (Å²) in [6.07, 6.45) is 1.73. The molecule has 0 unspecified atom stereocenters. The number of hydrogen-bond acceptors (Lipinski definition) is 4. The third kappa shape index (κ3) is 4.89. The summed E-state index contributed by atoms with van der Waals surface area (Å²) < 4.78 is 8.46. The van der Waals surface area contributed by atoms with Gasteiger partial charge >= 0.3 is 0 Å². The fourth-order valence-corrected chi connectivity index (χ4v) is 5.47. The number of aromatic hydroxyl groups is 1. The zero-order valence-electron chi connectivity index (χ0n) is 24.3. The Balaban J connectivity index is 1.42. The Bertz CT molecular complexity index is 2100. The highest BCUT2D eigenvalue weighted by Crippen LogP contribution is 2.39. The Morgan fingerprint density at radius 3 is 2.33 bits per heavy atom. The Labute approximate surface area is 250 Å². The van der Waals surface area contributed by atoms with Crippen LogP contribution in [0.3, 0.4) is 0 Å². The molecule has 0 radical (unpaired) electrons. The largest absolute Gasteiger partial charge is 0.507 e. The van der Waals surface area contributed by atoms with E-state index in [4.69, 9.17) is 14.4 Å². The van der Waals surface area contributed by atoms with Crippen molar-refractivity contribution in [2.45, 2.75) is 26.2 Å². The standard InChI is InChI=1S/C38H31N3O2/c1-38(2,3)27-20-21-33(42)26(22-27)24-39-31-17-9-8-15-29(31)37-40-36-30(35-23-25-12-7-10-19-34(25)43-35)16-11-18-32(36)41(37)28-13-5-4-6-14-28/h4-24,42H,1-3H3. The fourth-order valence-electron chi connectivity index (χ4n) is 5.47. The van der Waals surface area contributed by atoms with Crippen molar-refractivity contribution in [3.8, 4) is 34.1 Å². The molecular formula is C38H31N3O2. The van der Waals surface area contributed by atoms with Crippen molar-refractivity contribution >= 4 is 33.9 Å². The maximum absolute atomic E-state index is 10.6. The van der Waals surface area contributed by atoms with Gasteiger partial charge < -0.3 is 9.52 Å². The van der Waals surface area contributed by atoms with Gasteiger partial charge in [-0.05, 0) is 71.6 Å². The maximum Gasteiger partial charge on any atom is 0.147 e. The summed E-state index contributed by atoms with van der Waals surface area (Å²) in [5.41, 5.74) is 7.95. The number of aromatic nitrogens is 2. The van der Waals surface area contributed by atoms with Crippen molar-refractivity contribution in [1.29, 1.82) is 0 Å². The van der Waals surface area contributed by atoms with Crippen LogP contribution in [0.4, 0.5) is 5.69 Å². The molecular weight excluding hydrogens is 530 g/mol. The first-order valence-corrected chi connectivity index (χ1v) is 14.4. The minimum atomic E-state index is -0.0493. The van der Waals surface area contributed by atoms with Gasteiger partial charge in [0.25, 0.3) is 0 Å². The SMILES string of the molecule is CC(C)(C)c1ccc(O)c(C=Nc2ccccc2-c2nc3c(-c4cc5ccccc5o4)cccc3n2-c2ccccc2)c1. The number of para-hydroxylation sites is 4. The third-order valence-corrected chi connectivity index (χ3v) is 7.77. The zero-order valence-corrected chi connectivity index (χ0v) is 24.3. The number of phenolic OH excluding ortho intramolecular Hbond substituents is 1. The topological polar surface area (TPSA) is 63.6 Å². The minimum Gasteiger partial charge on any atom is -0.507 e. The molecule has 0 fully saturated rings. The summed E-state index contributed by atoms with van der Waals surface area (Å²) in [7, 11) is 0. The van der Waals surface area contributed by atoms with Crippen LogP contribution in [0.25, 0.3) is 50.4 Å². The normalized spacial score (nSPS) is 12.1. The molecule has 7 rings (SSSR count). The second kappa shape index (κ2) is 10.4. The molecule has 0 saturated carbocycles. The molecule has 210 valence electrons. The van der Waals surface area contributed by atoms with Crippen LogP contribution < -0.4 is 0 Å². The number of aliphatic imine (C=N–C) groups is 1. The molecule has 0 saturated heterocycles. The van der Waals surface area contributed by atoms with E-state index in [0.29, 0.717) is 5.56 Å². The fraction of sp³-hybridized carbons (Fsp3) is 0.105. The lowest BCUT2D eigenvalue weighted by Crippen LogP contribution is -2.11. The molecule has 5 heteroatoms. The molecule has 0 aliphatic rings. The lowest BCUT2D eigenvalue weighted by molar-refractivity contribution is 0.473. The molecule has 5 aromatic carbocycles. The molecule has 0 amide bonds. The Hall–Kier alpha value is -5.42. The first-order chi connectivity index (χ1) is 20.9. The van der Waals surface area contributed by atoms with Crippen molar-refractivity contribution in [2.24, 2.45) is 4.99 Å². The van der Waals surface area contributed by atoms with Crippen LogP contribution in [0.15, 0.2) is 131 Å². The number of rotatable bonds is 5. The molecule has 0 bridgehead atoms. The number of phenols is 1. The number of furan rings is 1. The average molecular weight is 562 g/mol. The van der Waals surface area contributed by atoms with Crippen molar-refractivity contribution in [3.05, 3.63) is 132 Å². The Kier molecular flexibility index (Phi) is 6.43. The quantitative estimate of drug-likeness (QED) is 0.213. The van der Waals surface area contributed by atoms with Crippen LogP contribution in [0.5, 0.6) is 5.75 Å². The van der Waals surface area contributed by atoms with E-state index in [2.05, 4.69) is 61.7 Å². The van der Waals surface area contributed by atoms with Crippen LogP contribution in [-0.4, -0.2) is 20.9 Å². The summed E-state index contributed by atoms with van der Waals surface area (Å²) >= 11 is 0. The first kappa shape index (κ1) is 26.5. The van der Waals surface area contributed by atoms with Gasteiger partial charge in [0, 0.05) is 34.0 Å². The number of hydrogen-bond donors (Lipinski definition) is 1. The summed E-state index contributed by atoms with van der Waals surface area (Å²) in [6, 6.07) is 40.2. The summed E-state index contributed by atoms with van der Waals surface area (Å²) in [5, 5.41) is 11.7. The molecule has 43 heavy (non-hydrogen) atoms. The number of nitrogens with zero attached hydrogens (tertiary/aromatic N) is 3. The lowest BCUT2D eigenvalue weighted by atomic mass is 9.86. The number of benzene rings is 5. The minimum absolute atomic E-state index is 0.0493. The third-order valence-electron chi connectivity index (χ3n) is 7.77. The highest BCUT2D eigenvalue weighted by atomic mass is 16.3. The van der Waals surface area contributed by atoms with Gasteiger partial charge in [0.15, 0.2) is 0 Å². The molecule has 1 N–H and O–H groups in total. The second-order valence-corrected chi connectivity index (χ2v) is 11.7. The van der Waals surface area contributed by atoms with E-state index in [1.54, 1.807) is 12.3 Å². The van der Waals surface area contributed by atoms with Gasteiger partial charge in [0.2, 0.25) is 0 Å². The van der Waals surface area contributed by atoms with E-state index in [9.17, 15) is 5.11 Å². The molecule has 5 nitrogen and oxygen atoms in total. The predicted octanol–water partition coefficient (Wildman–Crippen LogP) is 9.86. The van der Waals surface area contributed by atoms with Gasteiger partial charge in [-0.25, -0.2) is 4.98 Å². The highest BCUT2D eigenvalue weighted by Gasteiger charge is 2.21. The van der Waals surface area contributed by atoms with Gasteiger partial charge in [0.1, 0.15) is 28.4 Å². The molecule has 2 aromatic heterocycles. The molecule has 7 aromatic rings. The van der Waals surface area contributed by atoms with Crippen molar-refractivity contribution in [2.75, 3.05) is 0 Å². The van der Waals surface area contributed by atoms with Crippen molar-refractivity contribution in [1.82, 2.24) is 9.55 Å². The van der Waals surface area contributed by atoms with Crippen LogP contribution in [0.1, 0.15) is 31.9 Å². The predicted molar refractivity (Wildman–Crippen MR) is 176 cm³/mol. The highest BCUT2D eigenvalue weighted by molar-refractivity contribution is 5.97. The van der Waals surface area contributed by atoms with Gasteiger partial charge in [0.05, 0.1) is 11.2 Å². The maximum atomic E-state index is 10.6. The van der Waals surface area contributed by atoms with E-state index < -0.39 is 0 Å². The van der Waals surface area contributed by atoms with E-state index in [-0.39, 0.29) is 11.2 Å². The molecule has 0 spiro atoms. The van der Waals surface area contributed by atoms with Crippen molar-refractivity contribution < 1.29 is 9.52 Å². The van der Waals surface area contributed by atoms with Crippen LogP contribution in [-0.2, 0) is 5.41 Å². The summed E-state index contributed by atoms with van der Waals surface area (Å²) in [6.45, 7) is 6.47. The lowest BCUT2D eigenvalue weighted by Gasteiger charge is -2.19. The number of fused-ring (bicyclic) bond motifs is 2. The smallest absolute Gasteiger partial charge is 0.147 e. The summed E-state index contributed by atoms with van der Waals surface area (Å²) in [5.74, 6) is 1.74. The van der Waals surface area contributed by atoms with E-state index in [0.717, 1.165) is 61.7 Å². The van der Waals surface area contributed by atoms with Gasteiger partial charge in [-0.3, -0.25) is 9.56 Å².